The molecule has 0 aromatic heterocycles. The summed E-state index contributed by atoms with van der Waals surface area (Å²) in [5.41, 5.74) is 9.36. The molecule has 2 N–H and O–H groups in total. The molecule has 8 nitrogen and oxygen atoms in total. The Balaban J connectivity index is 0.000000170. The Hall–Kier alpha value is -6.68. The highest BCUT2D eigenvalue weighted by Crippen LogP contribution is 2.49. The van der Waals surface area contributed by atoms with E-state index in [1.165, 1.54) is 12.1 Å². The van der Waals surface area contributed by atoms with Crippen LogP contribution in [0, 0.1) is 35.3 Å². The largest absolute Gasteiger partial charge is 0.497 e. The Morgan fingerprint density at radius 1 is 0.544 bits per heavy atom. The third-order valence-electron chi connectivity index (χ3n) is 14.6. The number of methoxy groups -OCH3 is 2. The number of carboxylic acid groups (broad SMARTS) is 2. The molecule has 2 aliphatic carbocycles. The highest BCUT2D eigenvalue weighted by atomic mass is 19.1. The Kier molecular flexibility index (Phi) is 13.6. The summed E-state index contributed by atoms with van der Waals surface area (Å²) in [7, 11) is 3.14. The molecule has 0 bridgehead atoms. The van der Waals surface area contributed by atoms with Crippen LogP contribution in [-0.2, 0) is 22.4 Å². The van der Waals surface area contributed by atoms with E-state index in [1.54, 1.807) is 38.5 Å². The van der Waals surface area contributed by atoms with Gasteiger partial charge in [-0.25, -0.2) is 8.78 Å². The quantitative estimate of drug-likeness (QED) is 0.111. The molecule has 0 saturated heterocycles. The van der Waals surface area contributed by atoms with Gasteiger partial charge in [0.25, 0.3) is 0 Å². The number of hydrogen-bond donors (Lipinski definition) is 2. The van der Waals surface area contributed by atoms with Gasteiger partial charge in [-0.1, -0.05) is 86.6 Å². The Morgan fingerprint density at radius 3 is 1.26 bits per heavy atom. The second-order valence-corrected chi connectivity index (χ2v) is 19.1. The van der Waals surface area contributed by atoms with Crippen LogP contribution in [-0.4, -0.2) is 49.6 Å². The summed E-state index contributed by atoms with van der Waals surface area (Å²) in [5, 5.41) is 19.2. The first-order valence-electron chi connectivity index (χ1n) is 23.7. The average molecular weight is 921 g/mol. The number of hydrogen-bond acceptors (Lipinski definition) is 6. The first-order chi connectivity index (χ1) is 32.9. The minimum Gasteiger partial charge on any atom is -0.497 e. The fraction of sp³-hybridized carbons (Fsp3) is 0.345. The second kappa shape index (κ2) is 19.9. The van der Waals surface area contributed by atoms with Gasteiger partial charge in [0, 0.05) is 23.0 Å². The molecular weight excluding hydrogens is 863 g/mol. The molecule has 2 saturated carbocycles. The van der Waals surface area contributed by atoms with Crippen LogP contribution in [0.4, 0.5) is 8.78 Å². The molecule has 2 aliphatic heterocycles. The lowest BCUT2D eigenvalue weighted by molar-refractivity contribution is -0.143. The third-order valence-corrected chi connectivity index (χ3v) is 14.6. The van der Waals surface area contributed by atoms with Gasteiger partial charge in [-0.05, 0) is 155 Å². The zero-order chi connectivity index (χ0) is 47.6. The van der Waals surface area contributed by atoms with E-state index in [-0.39, 0.29) is 35.3 Å². The second-order valence-electron chi connectivity index (χ2n) is 19.1. The Labute approximate surface area is 396 Å². The molecule has 6 aromatic carbocycles. The third kappa shape index (κ3) is 10.1. The molecule has 6 aromatic rings. The fourth-order valence-corrected chi connectivity index (χ4v) is 10.4. The number of fused-ring (bicyclic) bond motifs is 2. The van der Waals surface area contributed by atoms with Crippen LogP contribution in [0.3, 0.4) is 0 Å². The van der Waals surface area contributed by atoms with Crippen molar-refractivity contribution in [2.24, 2.45) is 23.7 Å². The predicted molar refractivity (Wildman–Crippen MR) is 258 cm³/mol. The minimum absolute atomic E-state index is 0.0419. The number of aliphatic carboxylic acids is 2. The standard InChI is InChI=1S/2C29H29FO4/c2*1-17(29(31)32)28(20-7-8-20)21-9-12-27-22(13-21)14-23(16-34-27)18-3-5-19(6-4-18)25-15-24(33-2)10-11-26(25)30/h2*3-6,9-13,15,17,20,23,28H,7-8,14,16H2,1-2H3,(H,31,32)/t2*17-,23?,28-/m11/s1. The van der Waals surface area contributed by atoms with Crippen molar-refractivity contribution in [1.29, 1.82) is 0 Å². The number of ether oxygens (including phenoxy) is 4. The van der Waals surface area contributed by atoms with Gasteiger partial charge in [0.2, 0.25) is 0 Å². The van der Waals surface area contributed by atoms with Crippen LogP contribution in [0.2, 0.25) is 0 Å². The van der Waals surface area contributed by atoms with Gasteiger partial charge in [-0.3, -0.25) is 9.59 Å². The number of benzene rings is 6. The lowest BCUT2D eigenvalue weighted by Crippen LogP contribution is -2.22. The molecular formula is C58H58F2O8. The van der Waals surface area contributed by atoms with E-state index >= 15 is 0 Å². The summed E-state index contributed by atoms with van der Waals surface area (Å²) in [6.07, 6.45) is 6.04. The van der Waals surface area contributed by atoms with E-state index in [0.29, 0.717) is 47.7 Å². The van der Waals surface area contributed by atoms with Crippen LogP contribution < -0.4 is 18.9 Å². The zero-order valence-electron chi connectivity index (χ0n) is 38.9. The first-order valence-corrected chi connectivity index (χ1v) is 23.7. The molecule has 10 rings (SSSR count). The maximum Gasteiger partial charge on any atom is 0.306 e. The molecule has 10 heteroatoms. The lowest BCUT2D eigenvalue weighted by atomic mass is 9.81. The number of carboxylic acids is 2. The first kappa shape index (κ1) is 46.4. The Morgan fingerprint density at radius 2 is 0.926 bits per heavy atom. The summed E-state index contributed by atoms with van der Waals surface area (Å²) in [6.45, 7) is 4.79. The normalized spacial score (nSPS) is 19.0. The molecule has 0 radical (unpaired) electrons. The smallest absolute Gasteiger partial charge is 0.306 e. The maximum atomic E-state index is 14.4. The van der Waals surface area contributed by atoms with Crippen LogP contribution in [0.15, 0.2) is 121 Å². The molecule has 2 fully saturated rings. The molecule has 352 valence electrons. The average Bonchev–Trinajstić information content (AvgIpc) is 4.32. The van der Waals surface area contributed by atoms with Crippen molar-refractivity contribution >= 4 is 11.9 Å². The fourth-order valence-electron chi connectivity index (χ4n) is 10.4. The summed E-state index contributed by atoms with van der Waals surface area (Å²) >= 11 is 0. The van der Waals surface area contributed by atoms with Crippen molar-refractivity contribution in [2.75, 3.05) is 27.4 Å². The molecule has 68 heavy (non-hydrogen) atoms. The zero-order valence-corrected chi connectivity index (χ0v) is 38.9. The van der Waals surface area contributed by atoms with Crippen molar-refractivity contribution < 1.29 is 47.5 Å². The number of carbonyl (C=O) groups is 2. The van der Waals surface area contributed by atoms with Gasteiger partial charge in [0.05, 0.1) is 39.3 Å². The van der Waals surface area contributed by atoms with Crippen molar-refractivity contribution in [2.45, 2.75) is 76.0 Å². The van der Waals surface area contributed by atoms with Crippen LogP contribution in [0.5, 0.6) is 23.0 Å². The van der Waals surface area contributed by atoms with Gasteiger partial charge >= 0.3 is 11.9 Å². The van der Waals surface area contributed by atoms with Crippen LogP contribution in [0.1, 0.15) is 96.6 Å². The summed E-state index contributed by atoms with van der Waals surface area (Å²) in [5.74, 6) is 1.51. The van der Waals surface area contributed by atoms with Gasteiger partial charge in [-0.2, -0.15) is 0 Å². The monoisotopic (exact) mass is 920 g/mol. The number of rotatable bonds is 14. The minimum atomic E-state index is -0.740. The highest BCUT2D eigenvalue weighted by Gasteiger charge is 2.40. The van der Waals surface area contributed by atoms with Crippen LogP contribution in [0.25, 0.3) is 22.3 Å². The van der Waals surface area contributed by atoms with E-state index in [9.17, 15) is 28.6 Å². The molecule has 2 unspecified atom stereocenters. The summed E-state index contributed by atoms with van der Waals surface area (Å²) in [6, 6.07) is 37.8. The molecule has 4 aliphatic rings. The van der Waals surface area contributed by atoms with E-state index in [4.69, 9.17) is 18.9 Å². The van der Waals surface area contributed by atoms with Crippen molar-refractivity contribution in [3.05, 3.63) is 166 Å². The highest BCUT2D eigenvalue weighted by molar-refractivity contribution is 5.72. The van der Waals surface area contributed by atoms with Crippen molar-refractivity contribution in [3.8, 4) is 45.3 Å². The SMILES string of the molecule is COc1ccc(F)c(-c2ccc(C3COc4ccc([C@@H](C5CC5)[C@@H](C)C(=O)O)cc4C3)cc2)c1.COc1ccc(F)c(-c2ccc(C3COc4ccc([C@@H](C5CC5)[C@@H](C)C(=O)O)cc4C3)cc2)c1. The predicted octanol–water partition coefficient (Wildman–Crippen LogP) is 12.9. The number of halogens is 2. The molecule has 6 atom stereocenters. The Bertz CT molecular complexity index is 2590. The summed E-state index contributed by atoms with van der Waals surface area (Å²) in [4.78, 5) is 23.4. The lowest BCUT2D eigenvalue weighted by Gasteiger charge is -2.28. The van der Waals surface area contributed by atoms with Gasteiger partial charge in [-0.15, -0.1) is 0 Å². The van der Waals surface area contributed by atoms with E-state index < -0.39 is 23.8 Å². The van der Waals surface area contributed by atoms with Gasteiger partial charge in [0.15, 0.2) is 0 Å². The molecule has 2 heterocycles. The van der Waals surface area contributed by atoms with Crippen LogP contribution >= 0.6 is 0 Å². The van der Waals surface area contributed by atoms with Crippen molar-refractivity contribution in [3.63, 3.8) is 0 Å². The van der Waals surface area contributed by atoms with Gasteiger partial charge in [0.1, 0.15) is 34.6 Å². The van der Waals surface area contributed by atoms with E-state index in [2.05, 4.69) is 12.1 Å². The maximum absolute atomic E-state index is 14.4. The van der Waals surface area contributed by atoms with E-state index in [0.717, 1.165) is 94.5 Å². The summed E-state index contributed by atoms with van der Waals surface area (Å²) < 4.78 is 51.4. The molecule has 0 amide bonds. The van der Waals surface area contributed by atoms with Gasteiger partial charge < -0.3 is 29.2 Å². The van der Waals surface area contributed by atoms with Crippen molar-refractivity contribution in [1.82, 2.24) is 0 Å². The topological polar surface area (TPSA) is 112 Å². The molecule has 0 spiro atoms. The van der Waals surface area contributed by atoms with E-state index in [1.807, 2.05) is 86.6 Å².